The van der Waals surface area contributed by atoms with Crippen molar-refractivity contribution in [3.63, 3.8) is 0 Å². The van der Waals surface area contributed by atoms with Gasteiger partial charge in [-0.05, 0) is 25.5 Å². The predicted molar refractivity (Wildman–Crippen MR) is 72.3 cm³/mol. The van der Waals surface area contributed by atoms with E-state index in [1.807, 2.05) is 7.05 Å². The molecule has 0 radical (unpaired) electrons. The second-order valence-corrected chi connectivity index (χ2v) is 4.75. The highest BCUT2D eigenvalue weighted by Crippen LogP contribution is 2.32. The first-order chi connectivity index (χ1) is 8.56. The number of aryl methyl sites for hydroxylation is 3. The first-order valence-electron chi connectivity index (χ1n) is 5.85. The highest BCUT2D eigenvalue weighted by molar-refractivity contribution is 5.97. The average Bonchev–Trinajstić information content (AvgIpc) is 2.83. The van der Waals surface area contributed by atoms with Crippen molar-refractivity contribution in [3.8, 4) is 11.3 Å². The number of nitrogen functional groups attached to an aromatic ring is 1. The Morgan fingerprint density at radius 3 is 2.67 bits per heavy atom. The summed E-state index contributed by atoms with van der Waals surface area (Å²) in [6.45, 7) is 4.22. The van der Waals surface area contributed by atoms with Gasteiger partial charge in [0.1, 0.15) is 5.69 Å². The lowest BCUT2D eigenvalue weighted by molar-refractivity contribution is 0.439. The van der Waals surface area contributed by atoms with Crippen LogP contribution in [-0.4, -0.2) is 9.72 Å². The molecule has 92 valence electrons. The Hall–Kier alpha value is -2.23. The molecule has 18 heavy (non-hydrogen) atoms. The molecule has 0 aliphatic heterocycles. The second-order valence-electron chi connectivity index (χ2n) is 4.75. The van der Waals surface area contributed by atoms with Gasteiger partial charge >= 0.3 is 0 Å². The fraction of sp³-hybridized carbons (Fsp3) is 0.214. The Balaban J connectivity index is 2.37. The van der Waals surface area contributed by atoms with Crippen LogP contribution in [0.4, 0.5) is 5.88 Å². The normalized spacial score (nSPS) is 11.3. The molecule has 0 spiro atoms. The number of aromatic nitrogens is 2. The van der Waals surface area contributed by atoms with Crippen molar-refractivity contribution in [2.45, 2.75) is 13.8 Å². The summed E-state index contributed by atoms with van der Waals surface area (Å²) in [7, 11) is 2.04. The zero-order valence-corrected chi connectivity index (χ0v) is 10.7. The summed E-state index contributed by atoms with van der Waals surface area (Å²) >= 11 is 0. The molecule has 2 N–H and O–H groups in total. The largest absolute Gasteiger partial charge is 0.368 e. The number of anilines is 1. The van der Waals surface area contributed by atoms with Crippen molar-refractivity contribution in [2.24, 2.45) is 7.05 Å². The van der Waals surface area contributed by atoms with E-state index >= 15 is 0 Å². The van der Waals surface area contributed by atoms with Crippen LogP contribution in [0, 0.1) is 13.8 Å². The lowest BCUT2D eigenvalue weighted by Gasteiger charge is -2.02. The standard InChI is InChI=1S/C14H15N3O/c1-8-4-9(2)14-10(5-8)11(7-17(14)3)12-6-13(15)18-16-12/h4-7H,15H2,1-3H3. The van der Waals surface area contributed by atoms with Gasteiger partial charge in [0, 0.05) is 30.3 Å². The van der Waals surface area contributed by atoms with E-state index in [1.54, 1.807) is 6.07 Å². The van der Waals surface area contributed by atoms with E-state index in [2.05, 4.69) is 41.9 Å². The van der Waals surface area contributed by atoms with E-state index in [0.29, 0.717) is 5.88 Å². The van der Waals surface area contributed by atoms with Crippen LogP contribution in [0.3, 0.4) is 0 Å². The number of nitrogens with zero attached hydrogens (tertiary/aromatic N) is 2. The summed E-state index contributed by atoms with van der Waals surface area (Å²) < 4.78 is 7.07. The maximum absolute atomic E-state index is 5.59. The first kappa shape index (κ1) is 10.9. The molecule has 2 heterocycles. The van der Waals surface area contributed by atoms with Crippen molar-refractivity contribution in [1.82, 2.24) is 9.72 Å². The molecule has 0 saturated heterocycles. The molecular weight excluding hydrogens is 226 g/mol. The van der Waals surface area contributed by atoms with E-state index in [9.17, 15) is 0 Å². The lowest BCUT2D eigenvalue weighted by atomic mass is 10.0. The van der Waals surface area contributed by atoms with Crippen LogP contribution in [-0.2, 0) is 7.05 Å². The molecule has 1 aromatic carbocycles. The summed E-state index contributed by atoms with van der Waals surface area (Å²) in [4.78, 5) is 0. The van der Waals surface area contributed by atoms with Gasteiger partial charge in [-0.1, -0.05) is 16.8 Å². The number of hydrogen-bond donors (Lipinski definition) is 1. The van der Waals surface area contributed by atoms with E-state index in [1.165, 1.54) is 22.0 Å². The maximum atomic E-state index is 5.59. The first-order valence-corrected chi connectivity index (χ1v) is 5.85. The van der Waals surface area contributed by atoms with E-state index in [-0.39, 0.29) is 0 Å². The minimum atomic E-state index is 0.339. The van der Waals surface area contributed by atoms with Gasteiger partial charge in [-0.25, -0.2) is 0 Å². The third-order valence-corrected chi connectivity index (χ3v) is 3.21. The van der Waals surface area contributed by atoms with Crippen molar-refractivity contribution < 1.29 is 4.52 Å². The van der Waals surface area contributed by atoms with E-state index < -0.39 is 0 Å². The fourth-order valence-corrected chi connectivity index (χ4v) is 2.58. The van der Waals surface area contributed by atoms with Crippen molar-refractivity contribution in [3.05, 3.63) is 35.5 Å². The smallest absolute Gasteiger partial charge is 0.222 e. The van der Waals surface area contributed by atoms with Gasteiger partial charge in [-0.3, -0.25) is 0 Å². The van der Waals surface area contributed by atoms with E-state index in [4.69, 9.17) is 10.3 Å². The summed E-state index contributed by atoms with van der Waals surface area (Å²) in [6.07, 6.45) is 2.06. The molecule has 0 aliphatic rings. The Morgan fingerprint density at radius 1 is 1.22 bits per heavy atom. The number of rotatable bonds is 1. The van der Waals surface area contributed by atoms with Crippen LogP contribution < -0.4 is 5.73 Å². The van der Waals surface area contributed by atoms with Crippen LogP contribution in [0.1, 0.15) is 11.1 Å². The summed E-state index contributed by atoms with van der Waals surface area (Å²) in [5.41, 5.74) is 11.1. The second kappa shape index (κ2) is 3.63. The van der Waals surface area contributed by atoms with Gasteiger partial charge in [0.2, 0.25) is 5.88 Å². The summed E-state index contributed by atoms with van der Waals surface area (Å²) in [5, 5.41) is 5.18. The van der Waals surface area contributed by atoms with E-state index in [0.717, 1.165) is 11.3 Å². The molecule has 0 saturated carbocycles. The molecule has 4 nitrogen and oxygen atoms in total. The van der Waals surface area contributed by atoms with Crippen LogP contribution in [0.25, 0.3) is 22.2 Å². The average molecular weight is 241 g/mol. The van der Waals surface area contributed by atoms with Crippen molar-refractivity contribution >= 4 is 16.8 Å². The molecule has 4 heteroatoms. The Morgan fingerprint density at radius 2 is 2.00 bits per heavy atom. The summed E-state index contributed by atoms with van der Waals surface area (Å²) in [5.74, 6) is 0.339. The molecule has 0 bridgehead atoms. The topological polar surface area (TPSA) is 57.0 Å². The molecule has 0 unspecified atom stereocenters. The minimum Gasteiger partial charge on any atom is -0.368 e. The molecule has 2 aromatic heterocycles. The van der Waals surface area contributed by atoms with Crippen LogP contribution >= 0.6 is 0 Å². The zero-order chi connectivity index (χ0) is 12.9. The van der Waals surface area contributed by atoms with Crippen molar-refractivity contribution in [2.75, 3.05) is 5.73 Å². The predicted octanol–water partition coefficient (Wildman–Crippen LogP) is 3.03. The maximum Gasteiger partial charge on any atom is 0.222 e. The number of fused-ring (bicyclic) bond motifs is 1. The third-order valence-electron chi connectivity index (χ3n) is 3.21. The molecule has 3 rings (SSSR count). The quantitative estimate of drug-likeness (QED) is 0.712. The highest BCUT2D eigenvalue weighted by atomic mass is 16.5. The molecular formula is C14H15N3O. The zero-order valence-electron chi connectivity index (χ0n) is 10.7. The SMILES string of the molecule is Cc1cc(C)c2c(c1)c(-c1cc(N)on1)cn2C. The van der Waals surface area contributed by atoms with Gasteiger partial charge in [-0.15, -0.1) is 0 Å². The number of nitrogens with two attached hydrogens (primary N) is 1. The van der Waals surface area contributed by atoms with Crippen LogP contribution in [0.2, 0.25) is 0 Å². The van der Waals surface area contributed by atoms with Crippen LogP contribution in [0.15, 0.2) is 28.9 Å². The van der Waals surface area contributed by atoms with Gasteiger partial charge in [-0.2, -0.15) is 0 Å². The Bertz CT molecular complexity index is 737. The molecule has 0 aliphatic carbocycles. The summed E-state index contributed by atoms with van der Waals surface area (Å²) in [6, 6.07) is 6.11. The third kappa shape index (κ3) is 1.49. The van der Waals surface area contributed by atoms with Crippen LogP contribution in [0.5, 0.6) is 0 Å². The number of benzene rings is 1. The Kier molecular flexibility index (Phi) is 2.20. The highest BCUT2D eigenvalue weighted by Gasteiger charge is 2.14. The van der Waals surface area contributed by atoms with Gasteiger partial charge in [0.25, 0.3) is 0 Å². The molecule has 0 fully saturated rings. The van der Waals surface area contributed by atoms with Crippen molar-refractivity contribution in [1.29, 1.82) is 0 Å². The lowest BCUT2D eigenvalue weighted by Crippen LogP contribution is -1.87. The monoisotopic (exact) mass is 241 g/mol. The van der Waals surface area contributed by atoms with Gasteiger partial charge < -0.3 is 14.8 Å². The van der Waals surface area contributed by atoms with Gasteiger partial charge in [0.05, 0.1) is 5.52 Å². The van der Waals surface area contributed by atoms with Gasteiger partial charge in [0.15, 0.2) is 0 Å². The molecule has 0 amide bonds. The fourth-order valence-electron chi connectivity index (χ4n) is 2.58. The Labute approximate surface area is 105 Å². The number of hydrogen-bond acceptors (Lipinski definition) is 3. The molecule has 3 aromatic rings. The minimum absolute atomic E-state index is 0.339. The molecule has 0 atom stereocenters.